The highest BCUT2D eigenvalue weighted by atomic mass is 79.9. The van der Waals surface area contributed by atoms with Gasteiger partial charge >= 0.3 is 0 Å². The normalized spacial score (nSPS) is 21.2. The van der Waals surface area contributed by atoms with Gasteiger partial charge in [0.2, 0.25) is 5.91 Å². The monoisotopic (exact) mass is 444 g/mol. The Labute approximate surface area is 173 Å². The first-order valence-corrected chi connectivity index (χ1v) is 10.6. The van der Waals surface area contributed by atoms with Gasteiger partial charge in [-0.05, 0) is 40.4 Å². The van der Waals surface area contributed by atoms with Gasteiger partial charge in [0.25, 0.3) is 5.91 Å². The number of benzene rings is 1. The molecule has 7 heteroatoms. The number of nitrogens with zero attached hydrogens (tertiary/aromatic N) is 3. The van der Waals surface area contributed by atoms with Crippen LogP contribution in [0.3, 0.4) is 0 Å². The second kappa shape index (κ2) is 8.49. The third kappa shape index (κ3) is 4.15. The maximum atomic E-state index is 13.1. The number of carbonyl (C=O) groups excluding carboxylic acids is 2. The molecule has 1 atom stereocenters. The minimum absolute atomic E-state index is 0.0195. The van der Waals surface area contributed by atoms with Crippen molar-refractivity contribution >= 4 is 27.7 Å². The van der Waals surface area contributed by atoms with Crippen LogP contribution in [0.25, 0.3) is 0 Å². The van der Waals surface area contributed by atoms with Gasteiger partial charge in [0.1, 0.15) is 5.69 Å². The predicted octanol–water partition coefficient (Wildman–Crippen LogP) is 2.73. The molecule has 0 saturated carbocycles. The van der Waals surface area contributed by atoms with Crippen LogP contribution < -0.4 is 0 Å². The number of likely N-dealkylation sites (tertiary alicyclic amines) is 1. The molecule has 2 saturated heterocycles. The van der Waals surface area contributed by atoms with Crippen LogP contribution in [0.2, 0.25) is 0 Å². The quantitative estimate of drug-likeness (QED) is 0.788. The number of hydrogen-bond donors (Lipinski definition) is 1. The molecule has 6 nitrogen and oxygen atoms in total. The summed E-state index contributed by atoms with van der Waals surface area (Å²) in [7, 11) is 0. The van der Waals surface area contributed by atoms with E-state index in [0.29, 0.717) is 25.3 Å². The molecule has 4 rings (SSSR count). The summed E-state index contributed by atoms with van der Waals surface area (Å²) in [5.74, 6) is 0.245. The van der Waals surface area contributed by atoms with Crippen molar-refractivity contribution in [3.63, 3.8) is 0 Å². The van der Waals surface area contributed by atoms with E-state index < -0.39 is 0 Å². The average Bonchev–Trinajstić information content (AvgIpc) is 3.16. The van der Waals surface area contributed by atoms with Gasteiger partial charge in [-0.1, -0.05) is 30.3 Å². The predicted molar refractivity (Wildman–Crippen MR) is 111 cm³/mol. The number of aromatic nitrogens is 1. The van der Waals surface area contributed by atoms with Crippen LogP contribution in [-0.2, 0) is 11.3 Å². The van der Waals surface area contributed by atoms with E-state index in [1.54, 1.807) is 12.3 Å². The van der Waals surface area contributed by atoms with Crippen LogP contribution in [0.15, 0.2) is 47.1 Å². The average molecular weight is 445 g/mol. The van der Waals surface area contributed by atoms with Crippen molar-refractivity contribution in [2.24, 2.45) is 0 Å². The number of H-pyrrole nitrogens is 1. The molecule has 148 valence electrons. The van der Waals surface area contributed by atoms with E-state index >= 15 is 0 Å². The molecule has 0 bridgehead atoms. The van der Waals surface area contributed by atoms with Crippen LogP contribution in [0, 0.1) is 0 Å². The second-order valence-electron chi connectivity index (χ2n) is 7.46. The van der Waals surface area contributed by atoms with Crippen molar-refractivity contribution in [2.75, 3.05) is 32.7 Å². The van der Waals surface area contributed by atoms with Crippen LogP contribution in [0.4, 0.5) is 0 Å². The van der Waals surface area contributed by atoms with Gasteiger partial charge in [-0.15, -0.1) is 0 Å². The molecule has 0 aliphatic carbocycles. The Balaban J connectivity index is 1.34. The third-order valence-corrected chi connectivity index (χ3v) is 6.10. The lowest BCUT2D eigenvalue weighted by atomic mass is 10.0. The van der Waals surface area contributed by atoms with Crippen LogP contribution in [0.5, 0.6) is 0 Å². The Kier molecular flexibility index (Phi) is 5.82. The fraction of sp³-hybridized carbons (Fsp3) is 0.429. The number of nitrogens with one attached hydrogen (secondary N) is 1. The van der Waals surface area contributed by atoms with Gasteiger partial charge in [-0.3, -0.25) is 14.5 Å². The number of halogens is 1. The molecule has 2 fully saturated rings. The molecule has 0 spiro atoms. The molecule has 2 amide bonds. The maximum absolute atomic E-state index is 13.1. The Hall–Kier alpha value is -2.12. The van der Waals surface area contributed by atoms with Gasteiger partial charge < -0.3 is 14.8 Å². The number of hydrogen-bond acceptors (Lipinski definition) is 3. The van der Waals surface area contributed by atoms with Gasteiger partial charge in [0.15, 0.2) is 0 Å². The Morgan fingerprint density at radius 2 is 1.86 bits per heavy atom. The summed E-state index contributed by atoms with van der Waals surface area (Å²) in [4.78, 5) is 34.8. The molecule has 3 heterocycles. The first-order valence-electron chi connectivity index (χ1n) is 9.82. The van der Waals surface area contributed by atoms with Crippen molar-refractivity contribution < 1.29 is 9.59 Å². The van der Waals surface area contributed by atoms with Gasteiger partial charge in [0.05, 0.1) is 6.04 Å². The summed E-state index contributed by atoms with van der Waals surface area (Å²) in [6, 6.07) is 11.9. The maximum Gasteiger partial charge on any atom is 0.270 e. The van der Waals surface area contributed by atoms with Gasteiger partial charge in [-0.2, -0.15) is 0 Å². The Morgan fingerprint density at radius 1 is 1.11 bits per heavy atom. The molecule has 2 aliphatic rings. The number of rotatable bonds is 4. The van der Waals surface area contributed by atoms with Gasteiger partial charge in [-0.25, -0.2) is 0 Å². The molecule has 0 radical (unpaired) electrons. The fourth-order valence-corrected chi connectivity index (χ4v) is 4.46. The molecular formula is C21H25BrN4O2. The minimum atomic E-state index is -0.0608. The topological polar surface area (TPSA) is 59.7 Å². The number of amides is 2. The highest BCUT2D eigenvalue weighted by Crippen LogP contribution is 2.21. The van der Waals surface area contributed by atoms with Crippen LogP contribution in [0.1, 0.15) is 28.9 Å². The van der Waals surface area contributed by atoms with E-state index in [4.69, 9.17) is 0 Å². The SMILES string of the molecule is O=C(c1cc(Br)c[nH]1)N1CCN([C@H]2CCCN(Cc3ccccc3)C2=O)CC1. The largest absolute Gasteiger partial charge is 0.356 e. The summed E-state index contributed by atoms with van der Waals surface area (Å²) < 4.78 is 0.876. The van der Waals surface area contributed by atoms with Crippen LogP contribution >= 0.6 is 15.9 Å². The van der Waals surface area contributed by atoms with Crippen molar-refractivity contribution in [3.05, 3.63) is 58.3 Å². The fourth-order valence-electron chi connectivity index (χ4n) is 4.12. The first kappa shape index (κ1) is 19.2. The first-order chi connectivity index (χ1) is 13.6. The van der Waals surface area contributed by atoms with E-state index in [-0.39, 0.29) is 17.9 Å². The third-order valence-electron chi connectivity index (χ3n) is 5.64. The molecule has 2 aliphatic heterocycles. The summed E-state index contributed by atoms with van der Waals surface area (Å²) in [5.41, 5.74) is 1.77. The van der Waals surface area contributed by atoms with E-state index in [2.05, 4.69) is 37.9 Å². The number of piperidine rings is 1. The minimum Gasteiger partial charge on any atom is -0.356 e. The molecular weight excluding hydrogens is 420 g/mol. The number of carbonyl (C=O) groups is 2. The standard InChI is InChI=1S/C21H25BrN4O2/c22-17-13-18(23-14-17)20(27)25-11-9-24(10-12-25)19-7-4-8-26(21(19)28)15-16-5-2-1-3-6-16/h1-3,5-6,13-14,19,23H,4,7-12,15H2/t19-/m0/s1. The van der Waals surface area contributed by atoms with E-state index in [1.807, 2.05) is 28.0 Å². The molecule has 28 heavy (non-hydrogen) atoms. The van der Waals surface area contributed by atoms with Crippen molar-refractivity contribution in [1.82, 2.24) is 19.7 Å². The molecule has 1 aromatic carbocycles. The molecule has 2 aromatic rings. The summed E-state index contributed by atoms with van der Waals surface area (Å²) >= 11 is 3.37. The lowest BCUT2D eigenvalue weighted by Gasteiger charge is -2.42. The molecule has 1 N–H and O–H groups in total. The Morgan fingerprint density at radius 3 is 2.54 bits per heavy atom. The number of piperazine rings is 1. The summed E-state index contributed by atoms with van der Waals surface area (Å²) in [6.45, 7) is 4.28. The highest BCUT2D eigenvalue weighted by molar-refractivity contribution is 9.10. The zero-order valence-electron chi connectivity index (χ0n) is 15.8. The zero-order valence-corrected chi connectivity index (χ0v) is 17.4. The van der Waals surface area contributed by atoms with E-state index in [9.17, 15) is 9.59 Å². The zero-order chi connectivity index (χ0) is 19.5. The van der Waals surface area contributed by atoms with Crippen molar-refractivity contribution in [2.45, 2.75) is 25.4 Å². The Bertz CT molecular complexity index is 830. The summed E-state index contributed by atoms with van der Waals surface area (Å²) in [5, 5.41) is 0. The van der Waals surface area contributed by atoms with Gasteiger partial charge in [0, 0.05) is 49.9 Å². The van der Waals surface area contributed by atoms with Crippen LogP contribution in [-0.4, -0.2) is 70.3 Å². The number of aromatic amines is 1. The summed E-state index contributed by atoms with van der Waals surface area (Å²) in [6.07, 6.45) is 3.70. The smallest absolute Gasteiger partial charge is 0.270 e. The lowest BCUT2D eigenvalue weighted by molar-refractivity contribution is -0.141. The molecule has 0 unspecified atom stereocenters. The van der Waals surface area contributed by atoms with Crippen molar-refractivity contribution in [1.29, 1.82) is 0 Å². The lowest BCUT2D eigenvalue weighted by Crippen LogP contribution is -2.58. The second-order valence-corrected chi connectivity index (χ2v) is 8.38. The highest BCUT2D eigenvalue weighted by Gasteiger charge is 2.35. The molecule has 1 aromatic heterocycles. The van der Waals surface area contributed by atoms with E-state index in [1.165, 1.54) is 5.56 Å². The van der Waals surface area contributed by atoms with E-state index in [0.717, 1.165) is 36.9 Å². The van der Waals surface area contributed by atoms with Crippen molar-refractivity contribution in [3.8, 4) is 0 Å².